The van der Waals surface area contributed by atoms with Gasteiger partial charge in [-0.15, -0.1) is 0 Å². The summed E-state index contributed by atoms with van der Waals surface area (Å²) in [6, 6.07) is 15.4. The van der Waals surface area contributed by atoms with Crippen LogP contribution in [-0.4, -0.2) is 96.9 Å². The third kappa shape index (κ3) is 8.49. The summed E-state index contributed by atoms with van der Waals surface area (Å²) < 4.78 is 0. The topological polar surface area (TPSA) is 146 Å². The third-order valence-corrected chi connectivity index (χ3v) is 6.27. The number of carboxylic acid groups (broad SMARTS) is 2. The molecule has 2 aliphatic heterocycles. The number of nitrogens with one attached hydrogen (secondary N) is 2. The molecule has 2 fully saturated rings. The van der Waals surface area contributed by atoms with E-state index in [9.17, 15) is 19.8 Å². The van der Waals surface area contributed by atoms with E-state index in [1.165, 1.54) is 0 Å². The van der Waals surface area contributed by atoms with E-state index in [1.54, 1.807) is 0 Å². The molecule has 2 saturated heterocycles. The quantitative estimate of drug-likeness (QED) is 0.297. The van der Waals surface area contributed by atoms with E-state index in [1.807, 2.05) is 48.5 Å². The SMILES string of the molecule is O=C(O)C(O)Cc1ccc(N2CCNCC2)cc1.O=C(O)C(O)Cc1ccc(N2CCNCC2)cc1. The van der Waals surface area contributed by atoms with Gasteiger partial charge in [0.1, 0.15) is 0 Å². The Morgan fingerprint density at radius 1 is 0.639 bits per heavy atom. The molecule has 0 aromatic heterocycles. The van der Waals surface area contributed by atoms with E-state index in [0.29, 0.717) is 0 Å². The van der Waals surface area contributed by atoms with E-state index >= 15 is 0 Å². The van der Waals surface area contributed by atoms with E-state index in [4.69, 9.17) is 10.2 Å². The van der Waals surface area contributed by atoms with Crippen LogP contribution in [0, 0.1) is 0 Å². The minimum atomic E-state index is -1.32. The average molecular weight is 501 g/mol. The van der Waals surface area contributed by atoms with Crippen molar-refractivity contribution in [2.24, 2.45) is 0 Å². The molecule has 10 heteroatoms. The fraction of sp³-hybridized carbons (Fsp3) is 0.462. The zero-order chi connectivity index (χ0) is 25.9. The first-order valence-corrected chi connectivity index (χ1v) is 12.2. The first-order valence-electron chi connectivity index (χ1n) is 12.2. The summed E-state index contributed by atoms with van der Waals surface area (Å²) in [5.74, 6) is -2.36. The predicted molar refractivity (Wildman–Crippen MR) is 138 cm³/mol. The highest BCUT2D eigenvalue weighted by molar-refractivity contribution is 5.72. The van der Waals surface area contributed by atoms with Gasteiger partial charge in [0.2, 0.25) is 0 Å². The number of anilines is 2. The number of carboxylic acids is 2. The Morgan fingerprint density at radius 2 is 0.944 bits per heavy atom. The number of carbonyl (C=O) groups is 2. The lowest BCUT2D eigenvalue weighted by Crippen LogP contribution is -2.43. The van der Waals surface area contributed by atoms with Crippen molar-refractivity contribution in [3.63, 3.8) is 0 Å². The van der Waals surface area contributed by atoms with Crippen LogP contribution in [0.5, 0.6) is 0 Å². The Morgan fingerprint density at radius 3 is 1.22 bits per heavy atom. The normalized spacial score (nSPS) is 17.5. The Bertz CT molecular complexity index is 878. The molecule has 2 unspecified atom stereocenters. The molecular weight excluding hydrogens is 464 g/mol. The number of aliphatic hydroxyl groups excluding tert-OH is 2. The van der Waals surface area contributed by atoms with Crippen LogP contribution in [0.3, 0.4) is 0 Å². The van der Waals surface area contributed by atoms with Crippen LogP contribution in [-0.2, 0) is 22.4 Å². The number of hydrogen-bond donors (Lipinski definition) is 6. The number of piperazine rings is 2. The molecule has 4 rings (SSSR count). The van der Waals surface area contributed by atoms with Crippen LogP contribution in [0.4, 0.5) is 11.4 Å². The molecule has 2 aromatic rings. The van der Waals surface area contributed by atoms with Gasteiger partial charge in [0.25, 0.3) is 0 Å². The van der Waals surface area contributed by atoms with Crippen molar-refractivity contribution in [2.75, 3.05) is 62.2 Å². The number of hydrogen-bond acceptors (Lipinski definition) is 8. The van der Waals surface area contributed by atoms with Crippen molar-refractivity contribution < 1.29 is 30.0 Å². The fourth-order valence-corrected chi connectivity index (χ4v) is 4.15. The van der Waals surface area contributed by atoms with Gasteiger partial charge in [0, 0.05) is 76.6 Å². The second-order valence-electron chi connectivity index (χ2n) is 8.92. The van der Waals surface area contributed by atoms with E-state index in [2.05, 4.69) is 20.4 Å². The van der Waals surface area contributed by atoms with E-state index in [-0.39, 0.29) is 12.8 Å². The molecule has 10 nitrogen and oxygen atoms in total. The summed E-state index contributed by atoms with van der Waals surface area (Å²) in [4.78, 5) is 25.7. The molecular formula is C26H36N4O6. The largest absolute Gasteiger partial charge is 0.479 e. The molecule has 0 saturated carbocycles. The smallest absolute Gasteiger partial charge is 0.332 e. The fourth-order valence-electron chi connectivity index (χ4n) is 4.15. The maximum atomic E-state index is 10.6. The maximum Gasteiger partial charge on any atom is 0.332 e. The molecule has 0 spiro atoms. The van der Waals surface area contributed by atoms with E-state index < -0.39 is 24.1 Å². The zero-order valence-corrected chi connectivity index (χ0v) is 20.3. The minimum Gasteiger partial charge on any atom is -0.479 e. The summed E-state index contributed by atoms with van der Waals surface area (Å²) >= 11 is 0. The van der Waals surface area contributed by atoms with Gasteiger partial charge in [0.05, 0.1) is 0 Å². The zero-order valence-electron chi connectivity index (χ0n) is 20.3. The lowest BCUT2D eigenvalue weighted by molar-refractivity contribution is -0.147. The molecule has 0 radical (unpaired) electrons. The van der Waals surface area contributed by atoms with Crippen molar-refractivity contribution in [1.82, 2.24) is 10.6 Å². The van der Waals surface area contributed by atoms with Crippen molar-refractivity contribution in [3.05, 3.63) is 59.7 Å². The highest BCUT2D eigenvalue weighted by Crippen LogP contribution is 2.18. The van der Waals surface area contributed by atoms with E-state index in [0.717, 1.165) is 74.9 Å². The van der Waals surface area contributed by atoms with Gasteiger partial charge in [0.15, 0.2) is 12.2 Å². The summed E-state index contributed by atoms with van der Waals surface area (Å²) in [5.41, 5.74) is 3.96. The number of nitrogens with zero attached hydrogens (tertiary/aromatic N) is 2. The number of benzene rings is 2. The molecule has 0 aliphatic carbocycles. The Labute approximate surface area is 211 Å². The highest BCUT2D eigenvalue weighted by Gasteiger charge is 2.16. The standard InChI is InChI=1S/2C13H18N2O3/c2*16-12(13(17)18)9-10-1-3-11(4-2-10)15-7-5-14-6-8-15/h2*1-4,12,14,16H,5-9H2,(H,17,18). The lowest BCUT2D eigenvalue weighted by Gasteiger charge is -2.29. The maximum absolute atomic E-state index is 10.6. The lowest BCUT2D eigenvalue weighted by atomic mass is 10.1. The van der Waals surface area contributed by atoms with Gasteiger partial charge in [-0.25, -0.2) is 9.59 Å². The first-order chi connectivity index (χ1) is 17.3. The van der Waals surface area contributed by atoms with Crippen LogP contribution < -0.4 is 20.4 Å². The third-order valence-electron chi connectivity index (χ3n) is 6.27. The van der Waals surface area contributed by atoms with Crippen LogP contribution >= 0.6 is 0 Å². The minimum absolute atomic E-state index is 0.150. The Kier molecular flexibility index (Phi) is 10.5. The van der Waals surface area contributed by atoms with Crippen LogP contribution in [0.15, 0.2) is 48.5 Å². The average Bonchev–Trinajstić information content (AvgIpc) is 2.91. The second kappa shape index (κ2) is 13.8. The second-order valence-corrected chi connectivity index (χ2v) is 8.92. The number of aliphatic hydroxyl groups is 2. The van der Waals surface area contributed by atoms with Crippen LogP contribution in [0.25, 0.3) is 0 Å². The summed E-state index contributed by atoms with van der Waals surface area (Å²) in [7, 11) is 0. The van der Waals surface area contributed by atoms with Gasteiger partial charge in [-0.2, -0.15) is 0 Å². The van der Waals surface area contributed by atoms with Gasteiger partial charge in [-0.3, -0.25) is 0 Å². The molecule has 196 valence electrons. The summed E-state index contributed by atoms with van der Waals surface area (Å²) in [6.07, 6.45) is -2.35. The molecule has 0 bridgehead atoms. The Hall–Kier alpha value is -3.18. The molecule has 2 atom stereocenters. The molecule has 0 amide bonds. The van der Waals surface area contributed by atoms with Crippen molar-refractivity contribution in [3.8, 4) is 0 Å². The first kappa shape index (κ1) is 27.4. The molecule has 2 aliphatic rings. The van der Waals surface area contributed by atoms with Gasteiger partial charge < -0.3 is 40.9 Å². The summed E-state index contributed by atoms with van der Waals surface area (Å²) in [6.45, 7) is 7.88. The van der Waals surface area contributed by atoms with Crippen LogP contribution in [0.2, 0.25) is 0 Å². The van der Waals surface area contributed by atoms with Gasteiger partial charge in [-0.05, 0) is 35.4 Å². The molecule has 36 heavy (non-hydrogen) atoms. The van der Waals surface area contributed by atoms with Crippen molar-refractivity contribution in [2.45, 2.75) is 25.0 Å². The van der Waals surface area contributed by atoms with Crippen molar-refractivity contribution in [1.29, 1.82) is 0 Å². The highest BCUT2D eigenvalue weighted by atomic mass is 16.4. The number of rotatable bonds is 8. The predicted octanol–water partition coefficient (Wildman–Crippen LogP) is 0.168. The molecule has 6 N–H and O–H groups in total. The summed E-state index contributed by atoms with van der Waals surface area (Å²) in [5, 5.41) is 42.4. The Balaban J connectivity index is 0.000000201. The van der Waals surface area contributed by atoms with Gasteiger partial charge in [-0.1, -0.05) is 24.3 Å². The molecule has 2 aromatic carbocycles. The van der Waals surface area contributed by atoms with Gasteiger partial charge >= 0.3 is 11.9 Å². The van der Waals surface area contributed by atoms with Crippen LogP contribution in [0.1, 0.15) is 11.1 Å². The number of aliphatic carboxylic acids is 2. The van der Waals surface area contributed by atoms with Crippen molar-refractivity contribution >= 4 is 23.3 Å². The monoisotopic (exact) mass is 500 g/mol. The molecule has 2 heterocycles.